The standard InChI is InChI=1S/C47H93O8P/c1-4-6-7-8-9-10-11-12-13-19-22-25-28-31-34-37-40-46(48)53-42-45(43-54-56(50,51)52)55-47(49)41-38-35-32-29-26-23-20-17-15-14-16-18-21-24-27-30-33-36-39-44(3)5-2/h44-45H,4-43H2,1-3H3,(H2,50,51,52)/t44?,45-/m1/s1. The monoisotopic (exact) mass is 817 g/mol. The Morgan fingerprint density at radius 3 is 1.12 bits per heavy atom. The molecule has 0 saturated heterocycles. The Morgan fingerprint density at radius 1 is 0.464 bits per heavy atom. The summed E-state index contributed by atoms with van der Waals surface area (Å²) >= 11 is 0. The highest BCUT2D eigenvalue weighted by Crippen LogP contribution is 2.36. The topological polar surface area (TPSA) is 119 Å². The van der Waals surface area contributed by atoms with Crippen molar-refractivity contribution in [2.24, 2.45) is 5.92 Å². The number of hydrogen-bond donors (Lipinski definition) is 2. The highest BCUT2D eigenvalue weighted by atomic mass is 31.2. The van der Waals surface area contributed by atoms with Crippen molar-refractivity contribution in [2.45, 2.75) is 271 Å². The first-order valence-corrected chi connectivity index (χ1v) is 25.8. The number of carbonyl (C=O) groups excluding carboxylic acids is 2. The zero-order chi connectivity index (χ0) is 41.2. The van der Waals surface area contributed by atoms with Gasteiger partial charge in [0.05, 0.1) is 6.61 Å². The third kappa shape index (κ3) is 44.2. The van der Waals surface area contributed by atoms with Crippen molar-refractivity contribution < 1.29 is 37.9 Å². The first-order valence-electron chi connectivity index (χ1n) is 24.2. The van der Waals surface area contributed by atoms with Gasteiger partial charge < -0.3 is 19.3 Å². The largest absolute Gasteiger partial charge is 0.469 e. The van der Waals surface area contributed by atoms with Gasteiger partial charge in [-0.25, -0.2) is 4.57 Å². The highest BCUT2D eigenvalue weighted by molar-refractivity contribution is 7.46. The molecule has 0 spiro atoms. The van der Waals surface area contributed by atoms with Crippen LogP contribution in [0.25, 0.3) is 0 Å². The van der Waals surface area contributed by atoms with Crippen LogP contribution in [0.5, 0.6) is 0 Å². The molecule has 0 bridgehead atoms. The smallest absolute Gasteiger partial charge is 0.462 e. The molecule has 0 rings (SSSR count). The van der Waals surface area contributed by atoms with E-state index in [2.05, 4.69) is 25.3 Å². The Morgan fingerprint density at radius 2 is 0.786 bits per heavy atom. The van der Waals surface area contributed by atoms with E-state index in [-0.39, 0.29) is 19.4 Å². The molecule has 334 valence electrons. The van der Waals surface area contributed by atoms with Crippen LogP contribution in [0, 0.1) is 5.92 Å². The molecular weight excluding hydrogens is 723 g/mol. The van der Waals surface area contributed by atoms with Crippen LogP contribution in [0.4, 0.5) is 0 Å². The van der Waals surface area contributed by atoms with Gasteiger partial charge in [-0.3, -0.25) is 14.1 Å². The molecule has 2 atom stereocenters. The van der Waals surface area contributed by atoms with E-state index in [0.717, 1.165) is 38.0 Å². The van der Waals surface area contributed by atoms with Gasteiger partial charge >= 0.3 is 19.8 Å². The second kappa shape index (κ2) is 42.2. The summed E-state index contributed by atoms with van der Waals surface area (Å²) in [6.07, 6.45) is 45.4. The van der Waals surface area contributed by atoms with Crippen LogP contribution in [0.1, 0.15) is 265 Å². The minimum atomic E-state index is -4.75. The lowest BCUT2D eigenvalue weighted by molar-refractivity contribution is -0.161. The maximum Gasteiger partial charge on any atom is 0.469 e. The third-order valence-electron chi connectivity index (χ3n) is 11.4. The fourth-order valence-corrected chi connectivity index (χ4v) is 7.77. The Bertz CT molecular complexity index is 893. The molecule has 1 unspecified atom stereocenters. The molecule has 0 aromatic rings. The van der Waals surface area contributed by atoms with Crippen molar-refractivity contribution in [3.8, 4) is 0 Å². The fourth-order valence-electron chi connectivity index (χ4n) is 7.41. The number of phosphoric acid groups is 1. The van der Waals surface area contributed by atoms with Gasteiger partial charge in [0, 0.05) is 12.8 Å². The van der Waals surface area contributed by atoms with Crippen LogP contribution in [0.15, 0.2) is 0 Å². The number of rotatable bonds is 45. The average molecular weight is 817 g/mol. The van der Waals surface area contributed by atoms with E-state index in [0.29, 0.717) is 6.42 Å². The van der Waals surface area contributed by atoms with Crippen LogP contribution in [-0.4, -0.2) is 41.0 Å². The van der Waals surface area contributed by atoms with E-state index in [9.17, 15) is 14.2 Å². The predicted molar refractivity (Wildman–Crippen MR) is 235 cm³/mol. The van der Waals surface area contributed by atoms with E-state index in [1.807, 2.05) is 0 Å². The minimum Gasteiger partial charge on any atom is -0.462 e. The Hall–Kier alpha value is -0.950. The molecular formula is C47H93O8P. The molecule has 0 aromatic carbocycles. The lowest BCUT2D eigenvalue weighted by atomic mass is 9.99. The molecule has 0 amide bonds. The normalized spacial score (nSPS) is 12.9. The van der Waals surface area contributed by atoms with Gasteiger partial charge in [0.2, 0.25) is 0 Å². The number of phosphoric ester groups is 1. The second-order valence-corrected chi connectivity index (χ2v) is 18.3. The lowest BCUT2D eigenvalue weighted by Gasteiger charge is -2.18. The van der Waals surface area contributed by atoms with Crippen molar-refractivity contribution in [2.75, 3.05) is 13.2 Å². The molecule has 0 saturated carbocycles. The summed E-state index contributed by atoms with van der Waals surface area (Å²) in [7, 11) is -4.75. The van der Waals surface area contributed by atoms with Gasteiger partial charge in [-0.2, -0.15) is 0 Å². The zero-order valence-electron chi connectivity index (χ0n) is 37.2. The average Bonchev–Trinajstić information content (AvgIpc) is 3.17. The maximum absolute atomic E-state index is 12.5. The molecule has 8 nitrogen and oxygen atoms in total. The Labute approximate surface area is 346 Å². The molecule has 2 N–H and O–H groups in total. The van der Waals surface area contributed by atoms with E-state index >= 15 is 0 Å². The molecule has 0 fully saturated rings. The molecule has 0 aliphatic rings. The predicted octanol–water partition coefficient (Wildman–Crippen LogP) is 15.1. The van der Waals surface area contributed by atoms with Gasteiger partial charge in [-0.15, -0.1) is 0 Å². The first kappa shape index (κ1) is 55.0. The summed E-state index contributed by atoms with van der Waals surface area (Å²) in [4.78, 5) is 43.0. The number of carbonyl (C=O) groups is 2. The summed E-state index contributed by atoms with van der Waals surface area (Å²) in [5.41, 5.74) is 0. The van der Waals surface area contributed by atoms with E-state index < -0.39 is 32.5 Å². The van der Waals surface area contributed by atoms with Gasteiger partial charge in [0.25, 0.3) is 0 Å². The number of hydrogen-bond acceptors (Lipinski definition) is 6. The number of unbranched alkanes of at least 4 members (excludes halogenated alkanes) is 32. The summed E-state index contributed by atoms with van der Waals surface area (Å²) in [6, 6.07) is 0. The molecule has 0 heterocycles. The van der Waals surface area contributed by atoms with E-state index in [1.54, 1.807) is 0 Å². The maximum atomic E-state index is 12.5. The van der Waals surface area contributed by atoms with Crippen molar-refractivity contribution in [3.63, 3.8) is 0 Å². The van der Waals surface area contributed by atoms with Gasteiger partial charge in [0.15, 0.2) is 6.10 Å². The second-order valence-electron chi connectivity index (χ2n) is 17.1. The molecule has 0 aromatic heterocycles. The van der Waals surface area contributed by atoms with Crippen molar-refractivity contribution in [1.29, 1.82) is 0 Å². The van der Waals surface area contributed by atoms with Crippen molar-refractivity contribution in [3.05, 3.63) is 0 Å². The Balaban J connectivity index is 3.78. The quantitative estimate of drug-likeness (QED) is 0.0354. The first-order chi connectivity index (χ1) is 27.2. The van der Waals surface area contributed by atoms with Crippen LogP contribution in [-0.2, 0) is 28.2 Å². The fraction of sp³-hybridized carbons (Fsp3) is 0.957. The molecule has 0 aliphatic carbocycles. The third-order valence-corrected chi connectivity index (χ3v) is 11.9. The van der Waals surface area contributed by atoms with Crippen molar-refractivity contribution >= 4 is 19.8 Å². The van der Waals surface area contributed by atoms with Crippen LogP contribution in [0.3, 0.4) is 0 Å². The lowest BCUT2D eigenvalue weighted by Crippen LogP contribution is -2.29. The van der Waals surface area contributed by atoms with Crippen LogP contribution < -0.4 is 0 Å². The van der Waals surface area contributed by atoms with Gasteiger partial charge in [-0.05, 0) is 18.8 Å². The number of esters is 2. The van der Waals surface area contributed by atoms with Crippen LogP contribution in [0.2, 0.25) is 0 Å². The SMILES string of the molecule is CCCCCCCCCCCCCCCCCCC(=O)OC[C@H](COP(=O)(O)O)OC(=O)CCCCCCCCCCCCCCCCCCCCC(C)CC. The van der Waals surface area contributed by atoms with E-state index in [1.165, 1.54) is 193 Å². The Kier molecular flexibility index (Phi) is 41.5. The summed E-state index contributed by atoms with van der Waals surface area (Å²) in [5, 5.41) is 0. The minimum absolute atomic E-state index is 0.220. The molecule has 9 heteroatoms. The van der Waals surface area contributed by atoms with Gasteiger partial charge in [-0.1, -0.05) is 239 Å². The highest BCUT2D eigenvalue weighted by Gasteiger charge is 2.23. The van der Waals surface area contributed by atoms with Crippen molar-refractivity contribution in [1.82, 2.24) is 0 Å². The summed E-state index contributed by atoms with van der Waals surface area (Å²) in [6.45, 7) is 6.13. The summed E-state index contributed by atoms with van der Waals surface area (Å²) < 4.78 is 26.5. The number of ether oxygens (including phenoxy) is 2. The van der Waals surface area contributed by atoms with Crippen LogP contribution >= 0.6 is 7.82 Å². The molecule has 0 aliphatic heterocycles. The van der Waals surface area contributed by atoms with Gasteiger partial charge in [0.1, 0.15) is 6.61 Å². The molecule has 56 heavy (non-hydrogen) atoms. The zero-order valence-corrected chi connectivity index (χ0v) is 38.1. The summed E-state index contributed by atoms with van der Waals surface area (Å²) in [5.74, 6) is 0.0365. The van der Waals surface area contributed by atoms with E-state index in [4.69, 9.17) is 19.3 Å². The molecule has 0 radical (unpaired) electrons.